The van der Waals surface area contributed by atoms with Gasteiger partial charge in [0.05, 0.1) is 0 Å². The second kappa shape index (κ2) is 41.2. The summed E-state index contributed by atoms with van der Waals surface area (Å²) in [6.07, 6.45) is 18.0. The molecule has 0 saturated heterocycles. The number of hydrogen-bond donors (Lipinski definition) is 0. The van der Waals surface area contributed by atoms with Gasteiger partial charge in [-0.25, -0.2) is 0 Å². The van der Waals surface area contributed by atoms with Crippen molar-refractivity contribution in [1.82, 2.24) is 0 Å². The molecule has 8 aliphatic carbocycles. The predicted molar refractivity (Wildman–Crippen MR) is 525 cm³/mol. The van der Waals surface area contributed by atoms with Crippen molar-refractivity contribution in [1.29, 1.82) is 0 Å². The number of hydrogen-bond acceptors (Lipinski definition) is 2. The second-order valence-electron chi connectivity index (χ2n) is 34.6. The highest BCUT2D eigenvalue weighted by Crippen LogP contribution is 2.63. The van der Waals surface area contributed by atoms with Gasteiger partial charge in [-0.2, -0.15) is 0 Å². The van der Waals surface area contributed by atoms with Gasteiger partial charge in [-0.15, -0.1) is 0 Å². The molecule has 0 atom stereocenters. The van der Waals surface area contributed by atoms with Crippen LogP contribution in [0.25, 0.3) is 88.3 Å². The molecular formula is C120H120OS. The van der Waals surface area contributed by atoms with Crippen molar-refractivity contribution < 1.29 is 4.74 Å². The van der Waals surface area contributed by atoms with Crippen LogP contribution < -0.4 is 4.74 Å². The van der Waals surface area contributed by atoms with Crippen LogP contribution in [-0.4, -0.2) is 0 Å². The molecule has 0 spiro atoms. The van der Waals surface area contributed by atoms with Gasteiger partial charge in [-0.3, -0.25) is 0 Å². The molecule has 8 bridgehead atoms. The van der Waals surface area contributed by atoms with E-state index in [2.05, 4.69) is 367 Å². The number of para-hydroxylation sites is 2. The number of fused-ring (bicyclic) bond motifs is 2. The van der Waals surface area contributed by atoms with Crippen molar-refractivity contribution in [2.45, 2.75) is 153 Å². The Hall–Kier alpha value is -11.8. The molecule has 8 fully saturated rings. The van der Waals surface area contributed by atoms with Crippen molar-refractivity contribution in [2.75, 3.05) is 0 Å². The molecule has 0 aromatic heterocycles. The lowest BCUT2D eigenvalue weighted by atomic mass is 9.47. The molecule has 122 heavy (non-hydrogen) atoms. The predicted octanol–water partition coefficient (Wildman–Crippen LogP) is 34.6. The standard InChI is InChI=1S/C25H20.C23H26.C22H16O.C22H16S.C17H22.C7H8.2C2H6/c1-19-12-14-22(15-13-19)25-17-23(20-8-4-2-5-9-20)16-24(18-25)21-10-6-3-7-11-21;1-16-6-8-20(9-7-16)21-4-2-3-5-22(21)23-13-17-10-18(14-23)12-19(11-17)15-23;2*1-2-11-18(12-3-1)23-22-16-7-6-14-21(22)20-15-8-10-17-9-4-5-13-19(17)20;1-12-3-2-4-16(5-12)17-9-13-6-14(10-17)8-15(7-13)11-17;1-7-5-3-2-4-6-7;2*1-2/h2-18H,1H3;2-9,17-19H,10-15H2,1H3;2*1-16H;2-5,13-15H,6-11H2,1H3;2-6H,1H3;2*1-2H3. The molecule has 24 rings (SSSR count). The van der Waals surface area contributed by atoms with Crippen LogP contribution in [0.5, 0.6) is 11.5 Å². The monoisotopic (exact) mass is 1610 g/mol. The van der Waals surface area contributed by atoms with Gasteiger partial charge in [-0.05, 0) is 300 Å². The summed E-state index contributed by atoms with van der Waals surface area (Å²) in [7, 11) is 0. The van der Waals surface area contributed by atoms with Gasteiger partial charge in [0.1, 0.15) is 11.5 Å². The minimum atomic E-state index is 0.482. The lowest BCUT2D eigenvalue weighted by molar-refractivity contribution is -0.00525. The smallest absolute Gasteiger partial charge is 0.135 e. The highest BCUT2D eigenvalue weighted by atomic mass is 32.2. The Balaban J connectivity index is 0.000000115. The average molecular weight is 1610 g/mol. The summed E-state index contributed by atoms with van der Waals surface area (Å²) < 4.78 is 6.11. The third-order valence-electron chi connectivity index (χ3n) is 25.9. The molecular weight excluding hydrogens is 1490 g/mol. The Morgan fingerprint density at radius 1 is 0.246 bits per heavy atom. The first-order chi connectivity index (χ1) is 60.0. The maximum Gasteiger partial charge on any atom is 0.135 e. The van der Waals surface area contributed by atoms with Crippen LogP contribution in [0.1, 0.15) is 138 Å². The van der Waals surface area contributed by atoms with E-state index in [1.807, 2.05) is 100 Å². The molecule has 0 heterocycles. The van der Waals surface area contributed by atoms with Crippen molar-refractivity contribution in [3.63, 3.8) is 0 Å². The molecule has 0 radical (unpaired) electrons. The van der Waals surface area contributed by atoms with Gasteiger partial charge in [0.25, 0.3) is 0 Å². The van der Waals surface area contributed by atoms with Crippen molar-refractivity contribution in [3.05, 3.63) is 434 Å². The Labute approximate surface area is 733 Å². The van der Waals surface area contributed by atoms with E-state index in [1.165, 1.54) is 173 Å². The van der Waals surface area contributed by atoms with Gasteiger partial charge < -0.3 is 4.74 Å². The zero-order valence-electron chi connectivity index (χ0n) is 72.9. The summed E-state index contributed by atoms with van der Waals surface area (Å²) in [5.74, 6) is 7.91. The van der Waals surface area contributed by atoms with Crippen molar-refractivity contribution in [3.8, 4) is 78.3 Å². The zero-order valence-corrected chi connectivity index (χ0v) is 73.7. The maximum absolute atomic E-state index is 6.11. The minimum Gasteiger partial charge on any atom is -0.457 e. The van der Waals surface area contributed by atoms with E-state index in [0.29, 0.717) is 10.8 Å². The first kappa shape index (κ1) is 85.2. The van der Waals surface area contributed by atoms with Gasteiger partial charge >= 0.3 is 0 Å². The third-order valence-corrected chi connectivity index (χ3v) is 27.0. The molecule has 8 saturated carbocycles. The topological polar surface area (TPSA) is 9.23 Å². The van der Waals surface area contributed by atoms with E-state index in [0.717, 1.165) is 52.6 Å². The largest absolute Gasteiger partial charge is 0.457 e. The first-order valence-corrected chi connectivity index (χ1v) is 46.0. The Kier molecular flexibility index (Phi) is 28.7. The lowest BCUT2D eigenvalue weighted by Gasteiger charge is -2.57. The Morgan fingerprint density at radius 3 is 1.07 bits per heavy atom. The Morgan fingerprint density at radius 2 is 0.590 bits per heavy atom. The molecule has 0 unspecified atom stereocenters. The fourth-order valence-corrected chi connectivity index (χ4v) is 22.2. The van der Waals surface area contributed by atoms with Crippen molar-refractivity contribution in [2.24, 2.45) is 35.5 Å². The minimum absolute atomic E-state index is 0.482. The number of ether oxygens (including phenoxy) is 1. The van der Waals surface area contributed by atoms with Crippen LogP contribution in [0.3, 0.4) is 0 Å². The summed E-state index contributed by atoms with van der Waals surface area (Å²) in [6.45, 7) is 16.6. The summed E-state index contributed by atoms with van der Waals surface area (Å²) in [5.41, 5.74) is 25.0. The van der Waals surface area contributed by atoms with Gasteiger partial charge in [-0.1, -0.05) is 407 Å². The molecule has 16 aromatic rings. The van der Waals surface area contributed by atoms with Crippen molar-refractivity contribution >= 4 is 33.3 Å². The fourth-order valence-electron chi connectivity index (χ4n) is 21.2. The molecule has 0 amide bonds. The van der Waals surface area contributed by atoms with Crippen LogP contribution in [0.15, 0.2) is 410 Å². The van der Waals surface area contributed by atoms with E-state index in [1.54, 1.807) is 30.4 Å². The highest BCUT2D eigenvalue weighted by molar-refractivity contribution is 7.99. The first-order valence-electron chi connectivity index (χ1n) is 45.2. The fraction of sp³-hybridized carbons (Fsp3) is 0.233. The van der Waals surface area contributed by atoms with E-state index in [-0.39, 0.29) is 0 Å². The second-order valence-corrected chi connectivity index (χ2v) is 35.7. The van der Waals surface area contributed by atoms with Crippen LogP contribution in [0.4, 0.5) is 0 Å². The van der Waals surface area contributed by atoms with Crippen LogP contribution in [0, 0.1) is 63.2 Å². The number of aryl methyl sites for hydroxylation is 4. The van der Waals surface area contributed by atoms with Crippen LogP contribution in [-0.2, 0) is 10.8 Å². The third kappa shape index (κ3) is 21.0. The normalized spacial score (nSPS) is 19.3. The molecule has 2 heteroatoms. The summed E-state index contributed by atoms with van der Waals surface area (Å²) >= 11 is 1.82. The summed E-state index contributed by atoms with van der Waals surface area (Å²) in [4.78, 5) is 2.55. The van der Waals surface area contributed by atoms with Gasteiger partial charge in [0.15, 0.2) is 0 Å². The zero-order chi connectivity index (χ0) is 84.0. The highest BCUT2D eigenvalue weighted by Gasteiger charge is 2.53. The summed E-state index contributed by atoms with van der Waals surface area (Å²) in [5, 5.41) is 5.05. The van der Waals surface area contributed by atoms with E-state index in [9.17, 15) is 0 Å². The number of benzene rings is 16. The van der Waals surface area contributed by atoms with Gasteiger partial charge in [0.2, 0.25) is 0 Å². The maximum atomic E-state index is 6.11. The summed E-state index contributed by atoms with van der Waals surface area (Å²) in [6, 6.07) is 142. The van der Waals surface area contributed by atoms with E-state index >= 15 is 0 Å². The Bertz CT molecular complexity index is 5670. The molecule has 0 N–H and O–H groups in total. The van der Waals surface area contributed by atoms with Crippen LogP contribution in [0.2, 0.25) is 0 Å². The molecule has 612 valence electrons. The molecule has 0 aliphatic heterocycles. The molecule has 1 nitrogen and oxygen atoms in total. The SMILES string of the molecule is CC.CC.Cc1ccc(-c2cc(-c3ccccc3)cc(-c3ccccc3)c2)cc1.Cc1ccc(-c2ccccc2C23CC4CC(CC(C4)C2)C3)cc1.Cc1cccc(C23CC4CC(CC(C4)C2)C3)c1.Cc1ccccc1.c1ccc(Oc2ccccc2-c2cccc3ccccc23)cc1.c1ccc(Sc2ccccc2-c2cccc3ccccc23)cc1. The lowest BCUT2D eigenvalue weighted by Crippen LogP contribution is -2.48. The quantitative estimate of drug-likeness (QED) is 0.121. The van der Waals surface area contributed by atoms with E-state index in [4.69, 9.17) is 4.74 Å². The van der Waals surface area contributed by atoms with E-state index < -0.39 is 0 Å². The molecule has 8 aliphatic rings. The average Bonchev–Trinajstić information content (AvgIpc) is 0.728. The molecule has 16 aromatic carbocycles. The van der Waals surface area contributed by atoms with Gasteiger partial charge in [0, 0.05) is 15.4 Å². The van der Waals surface area contributed by atoms with Crippen LogP contribution >= 0.6 is 11.8 Å². The number of rotatable bonds is 12.